The van der Waals surface area contributed by atoms with Crippen molar-refractivity contribution in [3.8, 4) is 11.5 Å². The number of likely N-dealkylation sites (N-methyl/N-ethyl adjacent to an activating group) is 1. The van der Waals surface area contributed by atoms with Crippen LogP contribution in [0.1, 0.15) is 38.3 Å². The van der Waals surface area contributed by atoms with Crippen molar-refractivity contribution in [1.82, 2.24) is 4.90 Å². The van der Waals surface area contributed by atoms with Crippen LogP contribution in [0.3, 0.4) is 0 Å². The molecule has 0 fully saturated rings. The summed E-state index contributed by atoms with van der Waals surface area (Å²) in [5.74, 6) is 1.53. The van der Waals surface area contributed by atoms with E-state index in [4.69, 9.17) is 14.2 Å². The van der Waals surface area contributed by atoms with E-state index in [1.807, 2.05) is 39.0 Å². The van der Waals surface area contributed by atoms with Gasteiger partial charge in [-0.15, -0.1) is 0 Å². The number of aryl methyl sites for hydroxylation is 1. The number of amides is 1. The predicted octanol–water partition coefficient (Wildman–Crippen LogP) is 6.31. The number of anilines is 1. The van der Waals surface area contributed by atoms with Crippen LogP contribution in [-0.2, 0) is 17.6 Å². The summed E-state index contributed by atoms with van der Waals surface area (Å²) >= 11 is 0. The molecule has 35 heavy (non-hydrogen) atoms. The van der Waals surface area contributed by atoms with Crippen LogP contribution >= 0.6 is 0 Å². The molecule has 3 aromatic carbocycles. The van der Waals surface area contributed by atoms with E-state index < -0.39 is 11.7 Å². The largest absolute Gasteiger partial charge is 0.493 e. The fraction of sp³-hybridized carbons (Fsp3) is 0.414. The molecule has 1 amide bonds. The lowest BCUT2D eigenvalue weighted by Crippen LogP contribution is -2.27. The first-order valence-electron chi connectivity index (χ1n) is 12.1. The Hall–Kier alpha value is -3.25. The highest BCUT2D eigenvalue weighted by Gasteiger charge is 2.16. The van der Waals surface area contributed by atoms with Crippen molar-refractivity contribution < 1.29 is 19.0 Å². The van der Waals surface area contributed by atoms with Gasteiger partial charge in [-0.05, 0) is 99.8 Å². The first-order chi connectivity index (χ1) is 16.7. The maximum absolute atomic E-state index is 12.1. The van der Waals surface area contributed by atoms with Gasteiger partial charge in [0.1, 0.15) is 5.60 Å². The van der Waals surface area contributed by atoms with E-state index in [2.05, 4.69) is 53.7 Å². The van der Waals surface area contributed by atoms with Gasteiger partial charge in [0, 0.05) is 12.2 Å². The topological polar surface area (TPSA) is 60.0 Å². The van der Waals surface area contributed by atoms with Gasteiger partial charge < -0.3 is 19.1 Å². The molecule has 3 aromatic rings. The number of rotatable bonds is 10. The maximum Gasteiger partial charge on any atom is 0.412 e. The smallest absolute Gasteiger partial charge is 0.412 e. The van der Waals surface area contributed by atoms with Crippen molar-refractivity contribution in [2.24, 2.45) is 0 Å². The molecule has 0 aromatic heterocycles. The molecule has 0 saturated carbocycles. The summed E-state index contributed by atoms with van der Waals surface area (Å²) in [5.41, 5.74) is 2.76. The van der Waals surface area contributed by atoms with Crippen LogP contribution in [0.15, 0.2) is 54.6 Å². The minimum atomic E-state index is -0.525. The highest BCUT2D eigenvalue weighted by atomic mass is 16.6. The third-order valence-corrected chi connectivity index (χ3v) is 5.83. The van der Waals surface area contributed by atoms with Gasteiger partial charge in [-0.2, -0.15) is 0 Å². The minimum absolute atomic E-state index is 0.441. The molecule has 3 rings (SSSR count). The summed E-state index contributed by atoms with van der Waals surface area (Å²) < 4.78 is 16.1. The molecule has 0 radical (unpaired) electrons. The average Bonchev–Trinajstić information content (AvgIpc) is 2.81. The van der Waals surface area contributed by atoms with Crippen LogP contribution in [0.2, 0.25) is 0 Å². The van der Waals surface area contributed by atoms with Gasteiger partial charge in [-0.3, -0.25) is 5.32 Å². The maximum atomic E-state index is 12.1. The second-order valence-electron chi connectivity index (χ2n) is 9.83. The number of nitrogens with zero attached hydrogens (tertiary/aromatic N) is 1. The fourth-order valence-corrected chi connectivity index (χ4v) is 4.08. The number of hydrogen-bond donors (Lipinski definition) is 1. The second-order valence-corrected chi connectivity index (χ2v) is 9.83. The van der Waals surface area contributed by atoms with Gasteiger partial charge in [0.15, 0.2) is 11.5 Å². The Morgan fingerprint density at radius 2 is 1.69 bits per heavy atom. The van der Waals surface area contributed by atoms with E-state index in [-0.39, 0.29) is 0 Å². The van der Waals surface area contributed by atoms with Gasteiger partial charge in [0.25, 0.3) is 0 Å². The van der Waals surface area contributed by atoms with Crippen molar-refractivity contribution in [3.63, 3.8) is 0 Å². The molecule has 0 saturated heterocycles. The standard InChI is InChI=1S/C29H38N2O4/c1-29(2,3)35-28(32)30-24-13-14-25-22(9-7-10-23(25)20-24)11-8-17-31(4)18-16-21-12-15-26(33-5)27(19-21)34-6/h7,9-10,12-15,19-20H,8,11,16-18H2,1-6H3,(H,30,32). The number of hydrogen-bond acceptors (Lipinski definition) is 5. The quantitative estimate of drug-likeness (QED) is 0.370. The normalized spacial score (nSPS) is 11.5. The molecule has 188 valence electrons. The van der Waals surface area contributed by atoms with E-state index in [1.54, 1.807) is 14.2 Å². The predicted molar refractivity (Wildman–Crippen MR) is 143 cm³/mol. The SMILES string of the molecule is COc1ccc(CCN(C)CCCc2cccc3cc(NC(=O)OC(C)(C)C)ccc23)cc1OC. The molecule has 0 atom stereocenters. The lowest BCUT2D eigenvalue weighted by Gasteiger charge is -2.20. The van der Waals surface area contributed by atoms with Crippen molar-refractivity contribution in [3.05, 3.63) is 65.7 Å². The summed E-state index contributed by atoms with van der Waals surface area (Å²) in [5, 5.41) is 5.15. The Kier molecular flexibility index (Phi) is 8.99. The Bertz CT molecular complexity index is 1140. The summed E-state index contributed by atoms with van der Waals surface area (Å²) in [4.78, 5) is 14.5. The molecule has 0 heterocycles. The number of ether oxygens (including phenoxy) is 3. The molecule has 0 bridgehead atoms. The molecule has 1 N–H and O–H groups in total. The average molecular weight is 479 g/mol. The molecule has 6 heteroatoms. The van der Waals surface area contributed by atoms with Gasteiger partial charge in [0.2, 0.25) is 0 Å². The van der Waals surface area contributed by atoms with E-state index in [9.17, 15) is 4.79 Å². The van der Waals surface area contributed by atoms with Gasteiger partial charge in [-0.1, -0.05) is 30.3 Å². The molecular weight excluding hydrogens is 440 g/mol. The van der Waals surface area contributed by atoms with E-state index in [1.165, 1.54) is 16.5 Å². The van der Waals surface area contributed by atoms with Gasteiger partial charge >= 0.3 is 6.09 Å². The highest BCUT2D eigenvalue weighted by Crippen LogP contribution is 2.28. The first kappa shape index (κ1) is 26.4. The molecule has 6 nitrogen and oxygen atoms in total. The summed E-state index contributed by atoms with van der Waals surface area (Å²) in [7, 11) is 5.49. The molecule has 0 unspecified atom stereocenters. The number of fused-ring (bicyclic) bond motifs is 1. The monoisotopic (exact) mass is 478 g/mol. The van der Waals surface area contributed by atoms with E-state index >= 15 is 0 Å². The summed E-state index contributed by atoms with van der Waals surface area (Å²) in [6.45, 7) is 7.55. The molecule has 0 aliphatic heterocycles. The number of carbonyl (C=O) groups excluding carboxylic acids is 1. The number of benzene rings is 3. The second kappa shape index (κ2) is 11.9. The minimum Gasteiger partial charge on any atom is -0.493 e. The Morgan fingerprint density at radius 3 is 2.40 bits per heavy atom. The fourth-order valence-electron chi connectivity index (χ4n) is 4.08. The van der Waals surface area contributed by atoms with Crippen LogP contribution in [0.25, 0.3) is 10.8 Å². The van der Waals surface area contributed by atoms with Crippen LogP contribution in [-0.4, -0.2) is 51.0 Å². The van der Waals surface area contributed by atoms with Crippen molar-refractivity contribution in [2.45, 2.75) is 45.6 Å². The highest BCUT2D eigenvalue weighted by molar-refractivity contribution is 5.92. The Labute approximate surface area is 209 Å². The number of nitrogens with one attached hydrogen (secondary N) is 1. The molecular formula is C29H38N2O4. The van der Waals surface area contributed by atoms with Crippen LogP contribution in [0.4, 0.5) is 10.5 Å². The molecule has 0 aliphatic rings. The van der Waals surface area contributed by atoms with Crippen LogP contribution in [0.5, 0.6) is 11.5 Å². The van der Waals surface area contributed by atoms with Gasteiger partial charge in [-0.25, -0.2) is 4.79 Å². The first-order valence-corrected chi connectivity index (χ1v) is 12.1. The van der Waals surface area contributed by atoms with E-state index in [0.29, 0.717) is 0 Å². The van der Waals surface area contributed by atoms with Gasteiger partial charge in [0.05, 0.1) is 14.2 Å². The lowest BCUT2D eigenvalue weighted by atomic mass is 10.00. The Morgan fingerprint density at radius 1 is 0.914 bits per heavy atom. The zero-order valence-electron chi connectivity index (χ0n) is 21.8. The third-order valence-electron chi connectivity index (χ3n) is 5.83. The summed E-state index contributed by atoms with van der Waals surface area (Å²) in [6, 6.07) is 18.5. The van der Waals surface area contributed by atoms with Crippen LogP contribution in [0, 0.1) is 0 Å². The molecule has 0 aliphatic carbocycles. The van der Waals surface area contributed by atoms with Crippen molar-refractivity contribution in [2.75, 3.05) is 39.7 Å². The summed E-state index contributed by atoms with van der Waals surface area (Å²) in [6.07, 6.45) is 2.58. The number of carbonyl (C=O) groups is 1. The van der Waals surface area contributed by atoms with Crippen LogP contribution < -0.4 is 14.8 Å². The number of methoxy groups -OCH3 is 2. The van der Waals surface area contributed by atoms with E-state index in [0.717, 1.165) is 54.9 Å². The zero-order chi connectivity index (χ0) is 25.4. The third kappa shape index (κ3) is 7.89. The Balaban J connectivity index is 1.53. The zero-order valence-corrected chi connectivity index (χ0v) is 21.8. The van der Waals surface area contributed by atoms with Crippen molar-refractivity contribution in [1.29, 1.82) is 0 Å². The van der Waals surface area contributed by atoms with Crippen molar-refractivity contribution >= 4 is 22.6 Å². The lowest BCUT2D eigenvalue weighted by molar-refractivity contribution is 0.0636. The molecule has 0 spiro atoms.